The molecule has 0 spiro atoms. The zero-order valence-corrected chi connectivity index (χ0v) is 21.8. The van der Waals surface area contributed by atoms with Crippen LogP contribution in [0.15, 0.2) is 66.7 Å². The van der Waals surface area contributed by atoms with Crippen LogP contribution in [0, 0.1) is 12.8 Å². The highest BCUT2D eigenvalue weighted by atomic mass is 16.5. The number of carbonyl (C=O) groups excluding carboxylic acids is 1. The lowest BCUT2D eigenvalue weighted by Crippen LogP contribution is -2.33. The number of methoxy groups -OCH3 is 2. The van der Waals surface area contributed by atoms with Crippen LogP contribution in [0.1, 0.15) is 47.6 Å². The second-order valence-corrected chi connectivity index (χ2v) is 9.50. The van der Waals surface area contributed by atoms with E-state index in [-0.39, 0.29) is 5.91 Å². The number of nitrogens with zero attached hydrogens (tertiary/aromatic N) is 3. The Hall–Kier alpha value is -3.80. The van der Waals surface area contributed by atoms with E-state index in [9.17, 15) is 4.79 Å². The highest BCUT2D eigenvalue weighted by molar-refractivity contribution is 5.97. The highest BCUT2D eigenvalue weighted by Crippen LogP contribution is 2.27. The van der Waals surface area contributed by atoms with E-state index in [1.165, 1.54) is 11.1 Å². The van der Waals surface area contributed by atoms with Crippen molar-refractivity contribution in [3.63, 3.8) is 0 Å². The van der Waals surface area contributed by atoms with Gasteiger partial charge in [-0.25, -0.2) is 4.98 Å². The number of aryl methyl sites for hydroxylation is 1. The summed E-state index contributed by atoms with van der Waals surface area (Å²) in [4.78, 5) is 20.7. The third-order valence-electron chi connectivity index (χ3n) is 6.56. The van der Waals surface area contributed by atoms with Gasteiger partial charge in [0, 0.05) is 19.2 Å². The number of imidazole rings is 1. The number of fused-ring (bicyclic) bond motifs is 1. The summed E-state index contributed by atoms with van der Waals surface area (Å²) in [5, 5.41) is 0. The molecular weight excluding hydrogens is 450 g/mol. The van der Waals surface area contributed by atoms with Crippen LogP contribution in [0.5, 0.6) is 11.5 Å². The molecule has 0 radical (unpaired) electrons. The van der Waals surface area contributed by atoms with E-state index in [0.29, 0.717) is 42.6 Å². The van der Waals surface area contributed by atoms with Crippen LogP contribution >= 0.6 is 0 Å². The fourth-order valence-electron chi connectivity index (χ4n) is 4.36. The summed E-state index contributed by atoms with van der Waals surface area (Å²) in [5.41, 5.74) is 4.98. The average molecular weight is 486 g/mol. The van der Waals surface area contributed by atoms with Crippen molar-refractivity contribution < 1.29 is 14.3 Å². The second kappa shape index (κ2) is 11.3. The molecule has 1 heterocycles. The summed E-state index contributed by atoms with van der Waals surface area (Å²) in [6, 6.07) is 21.9. The quantitative estimate of drug-likeness (QED) is 0.272. The number of amides is 1. The smallest absolute Gasteiger partial charge is 0.258 e. The van der Waals surface area contributed by atoms with Crippen molar-refractivity contribution in [1.82, 2.24) is 14.5 Å². The number of rotatable bonds is 10. The van der Waals surface area contributed by atoms with Crippen molar-refractivity contribution in [2.75, 3.05) is 20.8 Å². The molecule has 0 unspecified atom stereocenters. The molecule has 0 aliphatic heterocycles. The standard InChI is InChI=1S/C30H35N3O3/c1-21(2)16-17-32(30(34)25-15-14-24(35-4)18-28(25)36-5)20-29-31-26-12-8-9-13-27(26)33(29)19-23-11-7-6-10-22(23)3/h6-15,18,21H,16-17,19-20H2,1-5H3. The summed E-state index contributed by atoms with van der Waals surface area (Å²) in [7, 11) is 3.18. The molecule has 188 valence electrons. The fourth-order valence-corrected chi connectivity index (χ4v) is 4.36. The SMILES string of the molecule is COc1ccc(C(=O)N(CCC(C)C)Cc2nc3ccccc3n2Cc2ccccc2C)c(OC)c1. The van der Waals surface area contributed by atoms with Crippen LogP contribution in [0.2, 0.25) is 0 Å². The molecule has 6 nitrogen and oxygen atoms in total. The largest absolute Gasteiger partial charge is 0.497 e. The van der Waals surface area contributed by atoms with Gasteiger partial charge >= 0.3 is 0 Å². The molecule has 4 aromatic rings. The molecular formula is C30H35N3O3. The van der Waals surface area contributed by atoms with Crippen molar-refractivity contribution in [1.29, 1.82) is 0 Å². The van der Waals surface area contributed by atoms with Gasteiger partial charge in [-0.2, -0.15) is 0 Å². The molecule has 0 aliphatic rings. The lowest BCUT2D eigenvalue weighted by atomic mass is 10.1. The Morgan fingerprint density at radius 2 is 1.75 bits per heavy atom. The Labute approximate surface area is 213 Å². The Balaban J connectivity index is 1.73. The maximum atomic E-state index is 13.8. The first-order valence-electron chi connectivity index (χ1n) is 12.4. The molecule has 0 bridgehead atoms. The number of aromatic nitrogens is 2. The minimum atomic E-state index is -0.0790. The third kappa shape index (κ3) is 5.54. The van der Waals surface area contributed by atoms with Crippen molar-refractivity contribution in [3.8, 4) is 11.5 Å². The molecule has 1 aromatic heterocycles. The van der Waals surface area contributed by atoms with Crippen molar-refractivity contribution in [2.45, 2.75) is 40.3 Å². The third-order valence-corrected chi connectivity index (χ3v) is 6.56. The summed E-state index contributed by atoms with van der Waals surface area (Å²) < 4.78 is 13.1. The van der Waals surface area contributed by atoms with E-state index in [1.54, 1.807) is 32.4 Å². The molecule has 6 heteroatoms. The maximum Gasteiger partial charge on any atom is 0.258 e. The maximum absolute atomic E-state index is 13.8. The summed E-state index contributed by atoms with van der Waals surface area (Å²) in [6.45, 7) is 8.19. The van der Waals surface area contributed by atoms with E-state index in [2.05, 4.69) is 55.7 Å². The molecule has 4 rings (SSSR count). The second-order valence-electron chi connectivity index (χ2n) is 9.50. The fraction of sp³-hybridized carbons (Fsp3) is 0.333. The van der Waals surface area contributed by atoms with Gasteiger partial charge in [0.1, 0.15) is 17.3 Å². The van der Waals surface area contributed by atoms with Crippen molar-refractivity contribution >= 4 is 16.9 Å². The van der Waals surface area contributed by atoms with Gasteiger partial charge in [0.25, 0.3) is 5.91 Å². The minimum Gasteiger partial charge on any atom is -0.497 e. The number of carbonyl (C=O) groups is 1. The number of hydrogen-bond acceptors (Lipinski definition) is 4. The van der Waals surface area contributed by atoms with Gasteiger partial charge in [0.15, 0.2) is 0 Å². The number of hydrogen-bond donors (Lipinski definition) is 0. The Morgan fingerprint density at radius 3 is 2.47 bits per heavy atom. The van der Waals surface area contributed by atoms with Crippen molar-refractivity contribution in [3.05, 3.63) is 89.2 Å². The molecule has 0 saturated carbocycles. The Bertz CT molecular complexity index is 1340. The summed E-state index contributed by atoms with van der Waals surface area (Å²) in [5.74, 6) is 2.40. The van der Waals surface area contributed by atoms with Crippen LogP contribution < -0.4 is 9.47 Å². The Kier molecular flexibility index (Phi) is 7.93. The van der Waals surface area contributed by atoms with Gasteiger partial charge < -0.3 is 18.9 Å². The highest BCUT2D eigenvalue weighted by Gasteiger charge is 2.23. The predicted octanol–water partition coefficient (Wildman–Crippen LogP) is 6.10. The number of benzene rings is 3. The minimum absolute atomic E-state index is 0.0790. The topological polar surface area (TPSA) is 56.6 Å². The summed E-state index contributed by atoms with van der Waals surface area (Å²) in [6.07, 6.45) is 0.891. The van der Waals surface area contributed by atoms with Crippen molar-refractivity contribution in [2.24, 2.45) is 5.92 Å². The molecule has 0 saturated heterocycles. The first-order chi connectivity index (χ1) is 17.4. The number of para-hydroxylation sites is 2. The Morgan fingerprint density at radius 1 is 1.00 bits per heavy atom. The van der Waals surface area contributed by atoms with Gasteiger partial charge in [0.05, 0.1) is 37.4 Å². The zero-order chi connectivity index (χ0) is 25.7. The normalized spacial score (nSPS) is 11.2. The van der Waals surface area contributed by atoms with Gasteiger partial charge in [-0.1, -0.05) is 50.2 Å². The van der Waals surface area contributed by atoms with E-state index in [4.69, 9.17) is 14.5 Å². The summed E-state index contributed by atoms with van der Waals surface area (Å²) >= 11 is 0. The molecule has 0 fully saturated rings. The lowest BCUT2D eigenvalue weighted by Gasteiger charge is -2.25. The molecule has 36 heavy (non-hydrogen) atoms. The molecule has 0 N–H and O–H groups in total. The van der Waals surface area contributed by atoms with Gasteiger partial charge in [0.2, 0.25) is 0 Å². The van der Waals surface area contributed by atoms with E-state index in [1.807, 2.05) is 23.1 Å². The first kappa shape index (κ1) is 25.3. The van der Waals surface area contributed by atoms with Crippen LogP contribution in [0.3, 0.4) is 0 Å². The van der Waals surface area contributed by atoms with Gasteiger partial charge in [-0.3, -0.25) is 4.79 Å². The zero-order valence-electron chi connectivity index (χ0n) is 21.8. The van der Waals surface area contributed by atoms with E-state index >= 15 is 0 Å². The monoisotopic (exact) mass is 485 g/mol. The first-order valence-corrected chi connectivity index (χ1v) is 12.4. The molecule has 0 aliphatic carbocycles. The molecule has 3 aromatic carbocycles. The molecule has 0 atom stereocenters. The predicted molar refractivity (Wildman–Crippen MR) is 144 cm³/mol. The van der Waals surface area contributed by atoms with Crippen LogP contribution in [-0.4, -0.2) is 41.1 Å². The lowest BCUT2D eigenvalue weighted by molar-refractivity contribution is 0.0726. The average Bonchev–Trinajstić information content (AvgIpc) is 3.23. The van der Waals surface area contributed by atoms with Crippen LogP contribution in [-0.2, 0) is 13.1 Å². The van der Waals surface area contributed by atoms with Gasteiger partial charge in [-0.05, 0) is 54.7 Å². The van der Waals surface area contributed by atoms with E-state index < -0.39 is 0 Å². The van der Waals surface area contributed by atoms with Crippen LogP contribution in [0.25, 0.3) is 11.0 Å². The number of ether oxygens (including phenoxy) is 2. The van der Waals surface area contributed by atoms with Crippen LogP contribution in [0.4, 0.5) is 0 Å². The van der Waals surface area contributed by atoms with Gasteiger partial charge in [-0.15, -0.1) is 0 Å². The molecule has 1 amide bonds. The van der Waals surface area contributed by atoms with E-state index in [0.717, 1.165) is 23.3 Å².